The van der Waals surface area contributed by atoms with Crippen molar-refractivity contribution < 1.29 is 8.78 Å². The lowest BCUT2D eigenvalue weighted by Gasteiger charge is -2.33. The Hall–Kier alpha value is -2.05. The van der Waals surface area contributed by atoms with Crippen LogP contribution in [-0.4, -0.2) is 28.0 Å². The van der Waals surface area contributed by atoms with Gasteiger partial charge in [-0.15, -0.1) is 0 Å². The molecule has 7 heteroatoms. The minimum Gasteiger partial charge on any atom is -0.351 e. The van der Waals surface area contributed by atoms with Crippen LogP contribution in [-0.2, 0) is 6.42 Å². The highest BCUT2D eigenvalue weighted by atomic mass is 35.5. The predicted molar refractivity (Wildman–Crippen MR) is 98.5 cm³/mol. The summed E-state index contributed by atoms with van der Waals surface area (Å²) in [5.41, 5.74) is 9.63. The van der Waals surface area contributed by atoms with E-state index in [-0.39, 0.29) is 12.8 Å². The number of hydrogen-bond donors (Lipinski definition) is 2. The third-order valence-electron chi connectivity index (χ3n) is 4.86. The fourth-order valence-electron chi connectivity index (χ4n) is 3.78. The molecule has 2 aliphatic rings. The molecule has 3 N–H and O–H groups in total. The zero-order chi connectivity index (χ0) is 18.3. The van der Waals surface area contributed by atoms with Crippen molar-refractivity contribution in [3.8, 4) is 0 Å². The van der Waals surface area contributed by atoms with Crippen LogP contribution in [0.4, 0.5) is 14.7 Å². The fourth-order valence-corrected chi connectivity index (χ4v) is 3.98. The second kappa shape index (κ2) is 6.59. The average molecular weight is 377 g/mol. The third-order valence-corrected chi connectivity index (χ3v) is 5.14. The lowest BCUT2D eigenvalue weighted by Crippen LogP contribution is -2.44. The zero-order valence-corrected chi connectivity index (χ0v) is 14.8. The van der Waals surface area contributed by atoms with Crippen LogP contribution in [0.3, 0.4) is 0 Å². The Morgan fingerprint density at radius 1 is 1.23 bits per heavy atom. The monoisotopic (exact) mass is 376 g/mol. The molecule has 2 aromatic rings. The van der Waals surface area contributed by atoms with Gasteiger partial charge in [0.1, 0.15) is 0 Å². The molecular formula is C19H19ClF2N4. The largest absolute Gasteiger partial charge is 0.351 e. The van der Waals surface area contributed by atoms with Gasteiger partial charge in [-0.05, 0) is 24.0 Å². The highest BCUT2D eigenvalue weighted by Crippen LogP contribution is 2.36. The van der Waals surface area contributed by atoms with Gasteiger partial charge in [0.15, 0.2) is 0 Å². The van der Waals surface area contributed by atoms with Crippen LogP contribution in [0.1, 0.15) is 36.1 Å². The molecule has 1 fully saturated rings. The maximum absolute atomic E-state index is 13.8. The standard InChI is InChI=1S/C19H19ClF2N4/c20-16-10-24-18(25-13-7-12(23)8-19(21,22)9-13)26-17(16)15-6-5-11-3-1-2-4-14(11)15/h1-4,6,10,12-13H,5,7-9,23H2,(H,24,25,26). The Bertz CT molecular complexity index is 868. The number of rotatable bonds is 3. The summed E-state index contributed by atoms with van der Waals surface area (Å²) in [5.74, 6) is -2.47. The van der Waals surface area contributed by atoms with Crippen molar-refractivity contribution in [3.63, 3.8) is 0 Å². The molecule has 136 valence electrons. The van der Waals surface area contributed by atoms with E-state index >= 15 is 0 Å². The fraction of sp³-hybridized carbons (Fsp3) is 0.368. The van der Waals surface area contributed by atoms with E-state index in [9.17, 15) is 8.78 Å². The third kappa shape index (κ3) is 3.44. The quantitative estimate of drug-likeness (QED) is 0.848. The predicted octanol–water partition coefficient (Wildman–Crippen LogP) is 4.04. The number of halogens is 3. The molecule has 2 unspecified atom stereocenters. The highest BCUT2D eigenvalue weighted by molar-refractivity contribution is 6.32. The number of fused-ring (bicyclic) bond motifs is 1. The number of nitrogens with two attached hydrogens (primary N) is 1. The van der Waals surface area contributed by atoms with Gasteiger partial charge in [0.05, 0.1) is 16.9 Å². The maximum Gasteiger partial charge on any atom is 0.251 e. The first-order valence-electron chi connectivity index (χ1n) is 8.62. The Balaban J connectivity index is 1.60. The molecule has 0 spiro atoms. The van der Waals surface area contributed by atoms with Crippen molar-refractivity contribution in [3.05, 3.63) is 58.4 Å². The van der Waals surface area contributed by atoms with Crippen molar-refractivity contribution in [1.82, 2.24) is 9.97 Å². The van der Waals surface area contributed by atoms with Crippen molar-refractivity contribution in [2.24, 2.45) is 5.73 Å². The van der Waals surface area contributed by atoms with Crippen molar-refractivity contribution in [1.29, 1.82) is 0 Å². The molecule has 0 saturated heterocycles. The Labute approximate surface area is 155 Å². The lowest BCUT2D eigenvalue weighted by molar-refractivity contribution is -0.0433. The number of benzene rings is 1. The van der Waals surface area contributed by atoms with Gasteiger partial charge in [-0.1, -0.05) is 41.9 Å². The zero-order valence-electron chi connectivity index (χ0n) is 14.1. The molecule has 1 aromatic carbocycles. The molecule has 1 saturated carbocycles. The minimum absolute atomic E-state index is 0.270. The maximum atomic E-state index is 13.8. The lowest BCUT2D eigenvalue weighted by atomic mass is 9.88. The van der Waals surface area contributed by atoms with Gasteiger partial charge in [-0.2, -0.15) is 0 Å². The summed E-state index contributed by atoms with van der Waals surface area (Å²) in [6, 6.07) is 7.06. The van der Waals surface area contributed by atoms with E-state index in [1.165, 1.54) is 11.8 Å². The SMILES string of the molecule is NC1CC(Nc2ncc(Cl)c(C3=CCc4ccccc43)n2)CC(F)(F)C1. The van der Waals surface area contributed by atoms with Crippen LogP contribution >= 0.6 is 11.6 Å². The van der Waals surface area contributed by atoms with Crippen LogP contribution in [0.25, 0.3) is 5.57 Å². The topological polar surface area (TPSA) is 63.8 Å². The van der Waals surface area contributed by atoms with E-state index in [0.29, 0.717) is 23.1 Å². The van der Waals surface area contributed by atoms with Crippen molar-refractivity contribution in [2.45, 2.75) is 43.7 Å². The minimum atomic E-state index is -2.77. The molecule has 0 bridgehead atoms. The molecule has 0 amide bonds. The summed E-state index contributed by atoms with van der Waals surface area (Å²) < 4.78 is 27.5. The van der Waals surface area contributed by atoms with E-state index < -0.39 is 18.0 Å². The molecule has 2 atom stereocenters. The molecular weight excluding hydrogens is 358 g/mol. The van der Waals surface area contributed by atoms with Crippen molar-refractivity contribution in [2.75, 3.05) is 5.32 Å². The summed E-state index contributed by atoms with van der Waals surface area (Å²) in [5, 5.41) is 3.45. The van der Waals surface area contributed by atoms with Crippen LogP contribution < -0.4 is 11.1 Å². The van der Waals surface area contributed by atoms with Gasteiger partial charge < -0.3 is 11.1 Å². The molecule has 0 radical (unpaired) electrons. The van der Waals surface area contributed by atoms with Gasteiger partial charge >= 0.3 is 0 Å². The molecule has 1 heterocycles. The van der Waals surface area contributed by atoms with Crippen LogP contribution in [0, 0.1) is 0 Å². The molecule has 26 heavy (non-hydrogen) atoms. The number of aromatic nitrogens is 2. The van der Waals surface area contributed by atoms with Gasteiger partial charge in [0.2, 0.25) is 5.95 Å². The van der Waals surface area contributed by atoms with E-state index in [1.807, 2.05) is 18.2 Å². The Kier molecular flexibility index (Phi) is 4.40. The summed E-state index contributed by atoms with van der Waals surface area (Å²) in [4.78, 5) is 8.68. The molecule has 2 aliphatic carbocycles. The van der Waals surface area contributed by atoms with E-state index in [1.54, 1.807) is 0 Å². The molecule has 4 nitrogen and oxygen atoms in total. The summed E-state index contributed by atoms with van der Waals surface area (Å²) in [6.07, 6.45) is 4.32. The number of anilines is 1. The molecule has 4 rings (SSSR count). The highest BCUT2D eigenvalue weighted by Gasteiger charge is 2.40. The number of allylic oxidation sites excluding steroid dienone is 1. The first kappa shape index (κ1) is 17.4. The van der Waals surface area contributed by atoms with E-state index in [4.69, 9.17) is 17.3 Å². The number of nitrogens with one attached hydrogen (secondary N) is 1. The Morgan fingerprint density at radius 3 is 2.85 bits per heavy atom. The molecule has 0 aliphatic heterocycles. The average Bonchev–Trinajstić information content (AvgIpc) is 2.98. The van der Waals surface area contributed by atoms with Gasteiger partial charge in [0.25, 0.3) is 5.92 Å². The first-order chi connectivity index (χ1) is 12.4. The van der Waals surface area contributed by atoms with Crippen LogP contribution in [0.5, 0.6) is 0 Å². The second-order valence-corrected chi connectivity index (χ2v) is 7.38. The molecule has 1 aromatic heterocycles. The summed E-state index contributed by atoms with van der Waals surface area (Å²) >= 11 is 6.32. The number of hydrogen-bond acceptors (Lipinski definition) is 4. The van der Waals surface area contributed by atoms with E-state index in [0.717, 1.165) is 17.6 Å². The van der Waals surface area contributed by atoms with Crippen LogP contribution in [0.2, 0.25) is 5.02 Å². The van der Waals surface area contributed by atoms with Gasteiger partial charge in [-0.3, -0.25) is 0 Å². The number of nitrogens with zero attached hydrogens (tertiary/aromatic N) is 2. The number of alkyl halides is 2. The van der Waals surface area contributed by atoms with Gasteiger partial charge in [-0.25, -0.2) is 18.7 Å². The summed E-state index contributed by atoms with van der Waals surface area (Å²) in [7, 11) is 0. The Morgan fingerprint density at radius 2 is 2.04 bits per heavy atom. The van der Waals surface area contributed by atoms with E-state index in [2.05, 4.69) is 27.4 Å². The van der Waals surface area contributed by atoms with Crippen LogP contribution in [0.15, 0.2) is 36.5 Å². The first-order valence-corrected chi connectivity index (χ1v) is 9.00. The van der Waals surface area contributed by atoms with Gasteiger partial charge in [0, 0.05) is 30.5 Å². The second-order valence-electron chi connectivity index (χ2n) is 6.97. The normalized spacial score (nSPS) is 24.1. The summed E-state index contributed by atoms with van der Waals surface area (Å²) in [6.45, 7) is 0. The smallest absolute Gasteiger partial charge is 0.251 e. The van der Waals surface area contributed by atoms with Crippen molar-refractivity contribution >= 4 is 23.1 Å².